The second-order valence-electron chi connectivity index (χ2n) is 9.00. The Labute approximate surface area is 193 Å². The quantitative estimate of drug-likeness (QED) is 0.357. The maximum Gasteiger partial charge on any atom is 0.248 e. The molecule has 34 heavy (non-hydrogen) atoms. The van der Waals surface area contributed by atoms with Crippen molar-refractivity contribution in [2.75, 3.05) is 0 Å². The first-order valence-electron chi connectivity index (χ1n) is 11.1. The number of fused-ring (bicyclic) bond motifs is 2. The second-order valence-corrected chi connectivity index (χ2v) is 9.00. The molecule has 0 atom stereocenters. The van der Waals surface area contributed by atoms with Crippen molar-refractivity contribution >= 4 is 22.1 Å². The van der Waals surface area contributed by atoms with Gasteiger partial charge in [0.25, 0.3) is 0 Å². The molecule has 0 bridgehead atoms. The molecule has 1 fully saturated rings. The number of nitrogens with zero attached hydrogens (tertiary/aromatic N) is 5. The van der Waals surface area contributed by atoms with Crippen molar-refractivity contribution < 1.29 is 13.5 Å². The van der Waals surface area contributed by atoms with Crippen LogP contribution >= 0.6 is 0 Å². The molecule has 7 nitrogen and oxygen atoms in total. The van der Waals surface area contributed by atoms with Crippen molar-refractivity contribution in [3.05, 3.63) is 60.3 Å². The van der Waals surface area contributed by atoms with Crippen LogP contribution in [0.15, 0.2) is 48.9 Å². The van der Waals surface area contributed by atoms with E-state index in [1.807, 2.05) is 50.4 Å². The molecule has 3 aromatic heterocycles. The summed E-state index contributed by atoms with van der Waals surface area (Å²) in [5.41, 5.74) is 5.65. The minimum absolute atomic E-state index is 0.0442. The molecule has 3 heterocycles. The number of halogens is 2. The lowest BCUT2D eigenvalue weighted by atomic mass is 9.81. The summed E-state index contributed by atoms with van der Waals surface area (Å²) in [6.07, 6.45) is 5.09. The predicted molar refractivity (Wildman–Crippen MR) is 124 cm³/mol. The summed E-state index contributed by atoms with van der Waals surface area (Å²) in [4.78, 5) is 17.0. The van der Waals surface area contributed by atoms with E-state index in [1.165, 1.54) is 0 Å². The van der Waals surface area contributed by atoms with E-state index in [0.29, 0.717) is 23.7 Å². The Morgan fingerprint density at radius 3 is 2.74 bits per heavy atom. The van der Waals surface area contributed by atoms with Gasteiger partial charge in [-0.25, -0.2) is 18.7 Å². The molecule has 6 rings (SSSR count). The van der Waals surface area contributed by atoms with Crippen LogP contribution in [0.5, 0.6) is 11.5 Å². The summed E-state index contributed by atoms with van der Waals surface area (Å²) in [5.74, 6) is -0.324. The first-order valence-corrected chi connectivity index (χ1v) is 11.1. The Balaban J connectivity index is 1.27. The second kappa shape index (κ2) is 7.58. The number of benzene rings is 2. The monoisotopic (exact) mass is 460 g/mol. The molecule has 2 aromatic carbocycles. The van der Waals surface area contributed by atoms with Crippen LogP contribution in [0.25, 0.3) is 33.3 Å². The fourth-order valence-corrected chi connectivity index (χ4v) is 4.52. The van der Waals surface area contributed by atoms with E-state index in [9.17, 15) is 8.78 Å². The third-order valence-electron chi connectivity index (χ3n) is 6.27. The molecule has 9 heteroatoms. The number of hydrogen-bond donors (Lipinski definition) is 1. The van der Waals surface area contributed by atoms with Crippen LogP contribution in [0.4, 0.5) is 8.78 Å². The standard InChI is InChI=1S/C25H22F2N6O/c1-14-23(34-18-3-4-19-21(7-18)31-15(2)30-19)6-5-20-24(14)32-22(11-28-20)17-10-29-33(13-17)12-16-8-25(26,27)9-16/h3-7,10-11,13,16H,8-9,12H2,1-2H3,(H,30,31). The number of alkyl halides is 2. The first kappa shape index (κ1) is 20.7. The molecule has 172 valence electrons. The molecule has 1 saturated carbocycles. The van der Waals surface area contributed by atoms with Gasteiger partial charge in [-0.3, -0.25) is 9.67 Å². The molecule has 1 N–H and O–H groups in total. The highest BCUT2D eigenvalue weighted by atomic mass is 19.3. The summed E-state index contributed by atoms with van der Waals surface area (Å²) in [6.45, 7) is 4.35. The van der Waals surface area contributed by atoms with Gasteiger partial charge in [0.05, 0.1) is 40.2 Å². The predicted octanol–water partition coefficient (Wildman–Crippen LogP) is 5.82. The van der Waals surface area contributed by atoms with Gasteiger partial charge in [0.15, 0.2) is 0 Å². The number of nitrogens with one attached hydrogen (secondary N) is 1. The lowest BCUT2D eigenvalue weighted by Gasteiger charge is -2.34. The number of imidazole rings is 1. The summed E-state index contributed by atoms with van der Waals surface area (Å²) in [5, 5.41) is 4.34. The highest BCUT2D eigenvalue weighted by molar-refractivity contribution is 5.82. The van der Waals surface area contributed by atoms with Gasteiger partial charge in [-0.1, -0.05) is 0 Å². The van der Waals surface area contributed by atoms with Crippen LogP contribution in [-0.2, 0) is 6.54 Å². The van der Waals surface area contributed by atoms with Gasteiger partial charge < -0.3 is 9.72 Å². The molecular weight excluding hydrogens is 438 g/mol. The zero-order valence-corrected chi connectivity index (χ0v) is 18.7. The van der Waals surface area contributed by atoms with Gasteiger partial charge in [0.2, 0.25) is 5.92 Å². The van der Waals surface area contributed by atoms with Crippen molar-refractivity contribution in [3.8, 4) is 22.8 Å². The average Bonchev–Trinajstić information content (AvgIpc) is 3.39. The first-order chi connectivity index (χ1) is 16.3. The zero-order chi connectivity index (χ0) is 23.4. The zero-order valence-electron chi connectivity index (χ0n) is 18.7. The fraction of sp³-hybridized carbons (Fsp3) is 0.280. The van der Waals surface area contributed by atoms with Crippen LogP contribution in [0.1, 0.15) is 24.2 Å². The minimum Gasteiger partial charge on any atom is -0.457 e. The SMILES string of the molecule is Cc1nc2ccc(Oc3ccc4ncc(-c5cnn(CC6CC(F)(F)C6)c5)nc4c3C)cc2[nH]1. The molecule has 1 aliphatic carbocycles. The molecule has 5 aromatic rings. The molecule has 0 amide bonds. The highest BCUT2D eigenvalue weighted by Gasteiger charge is 2.45. The summed E-state index contributed by atoms with van der Waals surface area (Å²) < 4.78 is 34.1. The molecule has 0 saturated heterocycles. The normalized spacial score (nSPS) is 15.6. The third-order valence-corrected chi connectivity index (χ3v) is 6.27. The Hall–Kier alpha value is -3.88. The number of H-pyrrole nitrogens is 1. The van der Waals surface area contributed by atoms with Crippen LogP contribution in [-0.4, -0.2) is 35.6 Å². The van der Waals surface area contributed by atoms with Crippen molar-refractivity contribution in [3.63, 3.8) is 0 Å². The van der Waals surface area contributed by atoms with Gasteiger partial charge in [-0.05, 0) is 44.0 Å². The maximum atomic E-state index is 13.1. The third kappa shape index (κ3) is 3.76. The van der Waals surface area contributed by atoms with E-state index >= 15 is 0 Å². The summed E-state index contributed by atoms with van der Waals surface area (Å²) in [7, 11) is 0. The maximum absolute atomic E-state index is 13.1. The van der Waals surface area contributed by atoms with E-state index in [4.69, 9.17) is 9.72 Å². The fourth-order valence-electron chi connectivity index (χ4n) is 4.52. The Kier molecular flexibility index (Phi) is 4.62. The highest BCUT2D eigenvalue weighted by Crippen LogP contribution is 2.43. The Morgan fingerprint density at radius 1 is 1.09 bits per heavy atom. The minimum atomic E-state index is -2.52. The van der Waals surface area contributed by atoms with Gasteiger partial charge in [0.1, 0.15) is 17.3 Å². The Bertz CT molecular complexity index is 1530. The number of hydrogen-bond acceptors (Lipinski definition) is 5. The lowest BCUT2D eigenvalue weighted by Crippen LogP contribution is -2.37. The molecule has 0 unspecified atom stereocenters. The van der Waals surface area contributed by atoms with Gasteiger partial charge in [0, 0.05) is 42.8 Å². The van der Waals surface area contributed by atoms with Crippen molar-refractivity contribution in [1.29, 1.82) is 0 Å². The number of aromatic nitrogens is 6. The van der Waals surface area contributed by atoms with E-state index in [2.05, 4.69) is 20.1 Å². The molecular formula is C25H22F2N6O. The van der Waals surface area contributed by atoms with Crippen molar-refractivity contribution in [1.82, 2.24) is 29.7 Å². The van der Waals surface area contributed by atoms with Gasteiger partial charge in [-0.15, -0.1) is 0 Å². The van der Waals surface area contributed by atoms with Crippen molar-refractivity contribution in [2.24, 2.45) is 5.92 Å². The molecule has 0 aliphatic heterocycles. The van der Waals surface area contributed by atoms with Crippen LogP contribution in [0.2, 0.25) is 0 Å². The Morgan fingerprint density at radius 2 is 1.91 bits per heavy atom. The number of aryl methyl sites for hydroxylation is 2. The molecule has 1 aliphatic rings. The molecule has 0 spiro atoms. The van der Waals surface area contributed by atoms with E-state index in [-0.39, 0.29) is 18.8 Å². The van der Waals surface area contributed by atoms with Crippen LogP contribution in [0, 0.1) is 19.8 Å². The number of ether oxygens (including phenoxy) is 1. The van der Waals surface area contributed by atoms with Crippen molar-refractivity contribution in [2.45, 2.75) is 39.2 Å². The van der Waals surface area contributed by atoms with Gasteiger partial charge in [-0.2, -0.15) is 5.10 Å². The smallest absolute Gasteiger partial charge is 0.248 e. The van der Waals surface area contributed by atoms with E-state index in [0.717, 1.165) is 39.0 Å². The van der Waals surface area contributed by atoms with E-state index in [1.54, 1.807) is 17.1 Å². The van der Waals surface area contributed by atoms with Gasteiger partial charge >= 0.3 is 0 Å². The van der Waals surface area contributed by atoms with E-state index < -0.39 is 5.92 Å². The van der Waals surface area contributed by atoms with Crippen LogP contribution in [0.3, 0.4) is 0 Å². The van der Waals surface area contributed by atoms with Crippen LogP contribution < -0.4 is 4.74 Å². The summed E-state index contributed by atoms with van der Waals surface area (Å²) in [6, 6.07) is 9.51. The summed E-state index contributed by atoms with van der Waals surface area (Å²) >= 11 is 0. The number of rotatable bonds is 5. The largest absolute Gasteiger partial charge is 0.457 e. The topological polar surface area (TPSA) is 81.5 Å². The number of aromatic amines is 1. The lowest BCUT2D eigenvalue weighted by molar-refractivity contribution is -0.114. The molecule has 0 radical (unpaired) electrons. The average molecular weight is 460 g/mol.